The lowest BCUT2D eigenvalue weighted by Gasteiger charge is -2.37. The highest BCUT2D eigenvalue weighted by Crippen LogP contribution is 2.36. The van der Waals surface area contributed by atoms with Gasteiger partial charge in [0.1, 0.15) is 5.82 Å². The fourth-order valence-electron chi connectivity index (χ4n) is 3.95. The number of aryl methyl sites for hydroxylation is 2. The van der Waals surface area contributed by atoms with Crippen molar-refractivity contribution in [1.82, 2.24) is 24.6 Å². The first-order valence-corrected chi connectivity index (χ1v) is 9.62. The van der Waals surface area contributed by atoms with Gasteiger partial charge in [0.2, 0.25) is 5.91 Å². The van der Waals surface area contributed by atoms with E-state index in [0.717, 1.165) is 43.1 Å². The zero-order chi connectivity index (χ0) is 18.8. The Bertz CT molecular complexity index is 799. The van der Waals surface area contributed by atoms with Crippen LogP contribution < -0.4 is 4.90 Å². The lowest BCUT2D eigenvalue weighted by atomic mass is 9.95. The molecule has 0 N–H and O–H groups in total. The minimum Gasteiger partial charge on any atom is -0.373 e. The smallest absolute Gasteiger partial charge is 0.228 e. The molecule has 4 heterocycles. The summed E-state index contributed by atoms with van der Waals surface area (Å²) in [6.45, 7) is 8.41. The van der Waals surface area contributed by atoms with Crippen molar-refractivity contribution in [3.63, 3.8) is 0 Å². The fraction of sp³-hybridized carbons (Fsp3) is 0.579. The van der Waals surface area contributed by atoms with Gasteiger partial charge in [-0.1, -0.05) is 0 Å². The van der Waals surface area contributed by atoms with Crippen LogP contribution in [0.3, 0.4) is 0 Å². The van der Waals surface area contributed by atoms with Crippen LogP contribution in [-0.4, -0.2) is 63.3 Å². The van der Waals surface area contributed by atoms with Crippen LogP contribution in [0.5, 0.6) is 0 Å². The van der Waals surface area contributed by atoms with Crippen molar-refractivity contribution >= 4 is 11.7 Å². The molecule has 0 unspecified atom stereocenters. The standard InChI is InChI=1S/C19H26N6O2/c1-3-25-13-15(12-22-25)17-16(4-11-27-17)19(26)24-9-7-23(8-10-24)18-14(2)20-5-6-21-18/h5-6,12-13,16-17H,3-4,7-11H2,1-2H3/t16-,17+/m0/s1. The van der Waals surface area contributed by atoms with Crippen molar-refractivity contribution in [3.8, 4) is 0 Å². The molecule has 144 valence electrons. The van der Waals surface area contributed by atoms with Crippen LogP contribution >= 0.6 is 0 Å². The second-order valence-corrected chi connectivity index (χ2v) is 7.09. The molecule has 2 atom stereocenters. The van der Waals surface area contributed by atoms with E-state index < -0.39 is 0 Å². The van der Waals surface area contributed by atoms with Gasteiger partial charge >= 0.3 is 0 Å². The number of ether oxygens (including phenoxy) is 1. The van der Waals surface area contributed by atoms with Crippen LogP contribution in [0.25, 0.3) is 0 Å². The first kappa shape index (κ1) is 17.9. The second kappa shape index (κ2) is 7.64. The molecule has 4 rings (SSSR count). The quantitative estimate of drug-likeness (QED) is 0.810. The number of hydrogen-bond donors (Lipinski definition) is 0. The van der Waals surface area contributed by atoms with Gasteiger partial charge in [-0.2, -0.15) is 5.10 Å². The number of hydrogen-bond acceptors (Lipinski definition) is 6. The summed E-state index contributed by atoms with van der Waals surface area (Å²) in [5.74, 6) is 0.986. The van der Waals surface area contributed by atoms with Gasteiger partial charge < -0.3 is 14.5 Å². The number of aromatic nitrogens is 4. The van der Waals surface area contributed by atoms with Gasteiger partial charge in [-0.15, -0.1) is 0 Å². The first-order valence-electron chi connectivity index (χ1n) is 9.62. The molecule has 0 spiro atoms. The predicted molar refractivity (Wildman–Crippen MR) is 100 cm³/mol. The summed E-state index contributed by atoms with van der Waals surface area (Å²) >= 11 is 0. The van der Waals surface area contributed by atoms with E-state index in [9.17, 15) is 4.79 Å². The number of carbonyl (C=O) groups excluding carboxylic acids is 1. The highest BCUT2D eigenvalue weighted by Gasteiger charge is 2.39. The van der Waals surface area contributed by atoms with Crippen molar-refractivity contribution < 1.29 is 9.53 Å². The summed E-state index contributed by atoms with van der Waals surface area (Å²) in [5, 5.41) is 4.33. The second-order valence-electron chi connectivity index (χ2n) is 7.09. The largest absolute Gasteiger partial charge is 0.373 e. The minimum atomic E-state index is -0.182. The molecule has 0 saturated carbocycles. The van der Waals surface area contributed by atoms with E-state index in [4.69, 9.17) is 4.74 Å². The van der Waals surface area contributed by atoms with E-state index in [2.05, 4.69) is 20.0 Å². The Morgan fingerprint density at radius 2 is 2.00 bits per heavy atom. The van der Waals surface area contributed by atoms with Crippen molar-refractivity contribution in [1.29, 1.82) is 0 Å². The van der Waals surface area contributed by atoms with Crippen molar-refractivity contribution in [2.45, 2.75) is 32.9 Å². The van der Waals surface area contributed by atoms with Gasteiger partial charge in [0.05, 0.1) is 23.9 Å². The van der Waals surface area contributed by atoms with Crippen LogP contribution in [0.4, 0.5) is 5.82 Å². The topological polar surface area (TPSA) is 76.4 Å². The fourth-order valence-corrected chi connectivity index (χ4v) is 3.95. The van der Waals surface area contributed by atoms with Gasteiger partial charge in [0, 0.05) is 63.5 Å². The number of anilines is 1. The summed E-state index contributed by atoms with van der Waals surface area (Å²) in [6, 6.07) is 0. The van der Waals surface area contributed by atoms with E-state index in [1.165, 1.54) is 0 Å². The molecule has 8 nitrogen and oxygen atoms in total. The molecule has 2 aliphatic rings. The molecule has 2 aromatic heterocycles. The Hall–Kier alpha value is -2.48. The Morgan fingerprint density at radius 1 is 1.22 bits per heavy atom. The average molecular weight is 370 g/mol. The Morgan fingerprint density at radius 3 is 2.70 bits per heavy atom. The summed E-state index contributed by atoms with van der Waals surface area (Å²) in [7, 11) is 0. The van der Waals surface area contributed by atoms with E-state index >= 15 is 0 Å². The zero-order valence-corrected chi connectivity index (χ0v) is 15.9. The van der Waals surface area contributed by atoms with Crippen LogP contribution in [0.15, 0.2) is 24.8 Å². The molecule has 1 amide bonds. The molecule has 2 saturated heterocycles. The molecule has 27 heavy (non-hydrogen) atoms. The Kier molecular flexibility index (Phi) is 5.07. The van der Waals surface area contributed by atoms with Crippen molar-refractivity contribution in [3.05, 3.63) is 36.0 Å². The summed E-state index contributed by atoms with van der Waals surface area (Å²) in [6.07, 6.45) is 7.83. The number of amides is 1. The van der Waals surface area contributed by atoms with Gasteiger partial charge in [-0.05, 0) is 20.3 Å². The summed E-state index contributed by atoms with van der Waals surface area (Å²) in [4.78, 5) is 26.1. The molecular weight excluding hydrogens is 344 g/mol. The number of rotatable bonds is 4. The monoisotopic (exact) mass is 370 g/mol. The van der Waals surface area contributed by atoms with E-state index in [-0.39, 0.29) is 17.9 Å². The van der Waals surface area contributed by atoms with E-state index in [0.29, 0.717) is 19.7 Å². The summed E-state index contributed by atoms with van der Waals surface area (Å²) < 4.78 is 7.77. The average Bonchev–Trinajstić information content (AvgIpc) is 3.37. The molecule has 2 aliphatic heterocycles. The molecule has 0 aromatic carbocycles. The lowest BCUT2D eigenvalue weighted by molar-refractivity contribution is -0.137. The van der Waals surface area contributed by atoms with Crippen molar-refractivity contribution in [2.24, 2.45) is 5.92 Å². The van der Waals surface area contributed by atoms with Gasteiger partial charge in [0.25, 0.3) is 0 Å². The van der Waals surface area contributed by atoms with E-state index in [1.807, 2.05) is 35.8 Å². The normalized spacial score (nSPS) is 23.0. The number of carbonyl (C=O) groups is 1. The molecule has 0 bridgehead atoms. The Balaban J connectivity index is 1.40. The van der Waals surface area contributed by atoms with Crippen LogP contribution in [0.2, 0.25) is 0 Å². The van der Waals surface area contributed by atoms with Gasteiger partial charge in [-0.25, -0.2) is 4.98 Å². The SMILES string of the molecule is CCn1cc([C@H]2OCC[C@@H]2C(=O)N2CCN(c3nccnc3C)CC2)cn1. The maximum Gasteiger partial charge on any atom is 0.228 e. The molecule has 2 fully saturated rings. The van der Waals surface area contributed by atoms with E-state index in [1.54, 1.807) is 12.4 Å². The highest BCUT2D eigenvalue weighted by atomic mass is 16.5. The number of piperazine rings is 1. The number of nitrogens with zero attached hydrogens (tertiary/aromatic N) is 6. The zero-order valence-electron chi connectivity index (χ0n) is 15.9. The van der Waals surface area contributed by atoms with Gasteiger partial charge in [0.15, 0.2) is 0 Å². The highest BCUT2D eigenvalue weighted by molar-refractivity contribution is 5.80. The maximum atomic E-state index is 13.1. The maximum absolute atomic E-state index is 13.1. The molecule has 0 radical (unpaired) electrons. The molecule has 2 aromatic rings. The minimum absolute atomic E-state index is 0.121. The lowest BCUT2D eigenvalue weighted by Crippen LogP contribution is -2.51. The third-order valence-electron chi connectivity index (χ3n) is 5.46. The third-order valence-corrected chi connectivity index (χ3v) is 5.46. The Labute approximate surface area is 159 Å². The van der Waals surface area contributed by atoms with Crippen molar-refractivity contribution in [2.75, 3.05) is 37.7 Å². The third kappa shape index (κ3) is 3.53. The van der Waals surface area contributed by atoms with Crippen LogP contribution in [-0.2, 0) is 16.1 Å². The predicted octanol–water partition coefficient (Wildman–Crippen LogP) is 1.43. The molecular formula is C19H26N6O2. The summed E-state index contributed by atoms with van der Waals surface area (Å²) in [5.41, 5.74) is 1.93. The van der Waals surface area contributed by atoms with Crippen LogP contribution in [0, 0.1) is 12.8 Å². The van der Waals surface area contributed by atoms with Crippen LogP contribution in [0.1, 0.15) is 30.7 Å². The molecule has 0 aliphatic carbocycles. The first-order chi connectivity index (χ1) is 13.2. The van der Waals surface area contributed by atoms with Gasteiger partial charge in [-0.3, -0.25) is 14.5 Å². The molecule has 8 heteroatoms.